The molecule has 0 amide bonds. The topological polar surface area (TPSA) is 41.3 Å². The Labute approximate surface area is 138 Å². The summed E-state index contributed by atoms with van der Waals surface area (Å²) in [6.07, 6.45) is 4.38. The summed E-state index contributed by atoms with van der Waals surface area (Å²) in [4.78, 5) is 0. The van der Waals surface area contributed by atoms with E-state index in [1.54, 1.807) is 0 Å². The Hall–Kier alpha value is -1.68. The minimum atomic E-state index is 0.874. The first-order chi connectivity index (χ1) is 11.3. The average molecular weight is 307 g/mol. The van der Waals surface area contributed by atoms with Crippen LogP contribution in [0.1, 0.15) is 33.4 Å². The fourth-order valence-electron chi connectivity index (χ4n) is 3.81. The van der Waals surface area contributed by atoms with E-state index in [0.717, 1.165) is 51.9 Å². The zero-order valence-corrected chi connectivity index (χ0v) is 13.6. The molecule has 0 radical (unpaired) electrons. The normalized spacial score (nSPS) is 18.1. The van der Waals surface area contributed by atoms with E-state index in [1.165, 1.54) is 33.4 Å². The van der Waals surface area contributed by atoms with Gasteiger partial charge in [0.25, 0.3) is 0 Å². The van der Waals surface area contributed by atoms with Gasteiger partial charge in [-0.25, -0.2) is 5.01 Å². The molecule has 0 aliphatic carbocycles. The fourth-order valence-corrected chi connectivity index (χ4v) is 3.81. The van der Waals surface area contributed by atoms with Gasteiger partial charge < -0.3 is 5.32 Å². The molecule has 120 valence electrons. The quantitative estimate of drug-likeness (QED) is 0.836. The molecule has 2 aliphatic rings. The van der Waals surface area contributed by atoms with Crippen LogP contribution in [0.2, 0.25) is 0 Å². The van der Waals surface area contributed by atoms with E-state index in [-0.39, 0.29) is 0 Å². The van der Waals surface area contributed by atoms with Crippen molar-refractivity contribution in [1.29, 1.82) is 0 Å². The Morgan fingerprint density at radius 3 is 2.26 bits per heavy atom. The second-order valence-electron chi connectivity index (χ2n) is 6.85. The zero-order valence-electron chi connectivity index (χ0n) is 13.6. The highest BCUT2D eigenvalue weighted by atomic mass is 15.4. The smallest absolute Gasteiger partial charge is 0.0382 e. The maximum atomic E-state index is 5.97. The first kappa shape index (κ1) is 14.9. The molecule has 0 fully saturated rings. The maximum Gasteiger partial charge on any atom is 0.0382 e. The average Bonchev–Trinajstić information content (AvgIpc) is 2.79. The predicted octanol–water partition coefficient (Wildman–Crippen LogP) is 2.20. The van der Waals surface area contributed by atoms with Crippen LogP contribution in [-0.4, -0.2) is 24.6 Å². The molecule has 0 unspecified atom stereocenters. The van der Waals surface area contributed by atoms with Crippen LogP contribution in [0.25, 0.3) is 0 Å². The highest BCUT2D eigenvalue weighted by molar-refractivity contribution is 5.39. The lowest BCUT2D eigenvalue weighted by molar-refractivity contribution is 0.262. The molecule has 0 spiro atoms. The third-order valence-corrected chi connectivity index (χ3v) is 5.13. The Morgan fingerprint density at radius 2 is 1.48 bits per heavy atom. The SMILES string of the molecule is NN1CCc2ccc(Cc3ccc4c(c3)CCNCC4)cc2C1. The minimum Gasteiger partial charge on any atom is -0.316 e. The van der Waals surface area contributed by atoms with Gasteiger partial charge in [-0.3, -0.25) is 5.84 Å². The highest BCUT2D eigenvalue weighted by Crippen LogP contribution is 2.22. The summed E-state index contributed by atoms with van der Waals surface area (Å²) in [5, 5.41) is 5.40. The molecule has 3 nitrogen and oxygen atoms in total. The van der Waals surface area contributed by atoms with Crippen LogP contribution in [0, 0.1) is 0 Å². The van der Waals surface area contributed by atoms with Crippen molar-refractivity contribution in [3.05, 3.63) is 69.8 Å². The summed E-state index contributed by atoms with van der Waals surface area (Å²) in [6, 6.07) is 14.0. The van der Waals surface area contributed by atoms with Crippen molar-refractivity contribution >= 4 is 0 Å². The minimum absolute atomic E-state index is 0.874. The lowest BCUT2D eigenvalue weighted by Crippen LogP contribution is -2.36. The second kappa shape index (κ2) is 6.44. The molecule has 23 heavy (non-hydrogen) atoms. The molecular formula is C20H25N3. The van der Waals surface area contributed by atoms with Gasteiger partial charge in [-0.1, -0.05) is 36.4 Å². The molecule has 0 saturated carbocycles. The number of nitrogens with one attached hydrogen (secondary N) is 1. The molecule has 2 aliphatic heterocycles. The Morgan fingerprint density at radius 1 is 0.826 bits per heavy atom. The van der Waals surface area contributed by atoms with Crippen molar-refractivity contribution in [2.75, 3.05) is 19.6 Å². The monoisotopic (exact) mass is 307 g/mol. The third-order valence-electron chi connectivity index (χ3n) is 5.13. The van der Waals surface area contributed by atoms with Crippen LogP contribution >= 0.6 is 0 Å². The molecule has 0 saturated heterocycles. The lowest BCUT2D eigenvalue weighted by Gasteiger charge is -2.25. The van der Waals surface area contributed by atoms with Gasteiger partial charge in [0.05, 0.1) is 0 Å². The van der Waals surface area contributed by atoms with Crippen molar-refractivity contribution in [3.8, 4) is 0 Å². The van der Waals surface area contributed by atoms with Crippen molar-refractivity contribution in [2.24, 2.45) is 5.84 Å². The van der Waals surface area contributed by atoms with E-state index >= 15 is 0 Å². The highest BCUT2D eigenvalue weighted by Gasteiger charge is 2.14. The number of hydrogen-bond acceptors (Lipinski definition) is 3. The van der Waals surface area contributed by atoms with E-state index < -0.39 is 0 Å². The van der Waals surface area contributed by atoms with Crippen LogP contribution in [0.3, 0.4) is 0 Å². The Kier molecular flexibility index (Phi) is 4.17. The maximum absolute atomic E-state index is 5.97. The van der Waals surface area contributed by atoms with Crippen molar-refractivity contribution in [1.82, 2.24) is 10.3 Å². The summed E-state index contributed by atoms with van der Waals surface area (Å²) < 4.78 is 0. The number of nitrogens with two attached hydrogens (primary N) is 1. The number of rotatable bonds is 2. The number of nitrogens with zero attached hydrogens (tertiary/aromatic N) is 1. The summed E-state index contributed by atoms with van der Waals surface area (Å²) in [5.74, 6) is 5.97. The van der Waals surface area contributed by atoms with Crippen molar-refractivity contribution < 1.29 is 0 Å². The van der Waals surface area contributed by atoms with E-state index in [0.29, 0.717) is 0 Å². The first-order valence-electron chi connectivity index (χ1n) is 8.70. The van der Waals surface area contributed by atoms with Crippen LogP contribution in [0.4, 0.5) is 0 Å². The van der Waals surface area contributed by atoms with Gasteiger partial charge in [0.2, 0.25) is 0 Å². The van der Waals surface area contributed by atoms with Gasteiger partial charge >= 0.3 is 0 Å². The van der Waals surface area contributed by atoms with Crippen LogP contribution in [0.5, 0.6) is 0 Å². The summed E-state index contributed by atoms with van der Waals surface area (Å²) in [5.41, 5.74) is 8.72. The molecule has 2 heterocycles. The standard InChI is InChI=1S/C20H25N3/c21-23-10-7-18-4-2-16(13-20(18)14-23)11-15-1-3-17-5-8-22-9-6-19(17)12-15/h1-4,12-13,22H,5-11,14,21H2. The van der Waals surface area contributed by atoms with Gasteiger partial charge in [0, 0.05) is 13.1 Å². The van der Waals surface area contributed by atoms with Crippen LogP contribution in [-0.2, 0) is 32.2 Å². The summed E-state index contributed by atoms with van der Waals surface area (Å²) in [7, 11) is 0. The lowest BCUT2D eigenvalue weighted by atomic mass is 9.93. The molecular weight excluding hydrogens is 282 g/mol. The second-order valence-corrected chi connectivity index (χ2v) is 6.85. The molecule has 4 rings (SSSR count). The van der Waals surface area contributed by atoms with E-state index in [9.17, 15) is 0 Å². The van der Waals surface area contributed by atoms with Gasteiger partial charge in [0.15, 0.2) is 0 Å². The molecule has 0 atom stereocenters. The predicted molar refractivity (Wildman–Crippen MR) is 94.3 cm³/mol. The van der Waals surface area contributed by atoms with E-state index in [2.05, 4.69) is 41.7 Å². The van der Waals surface area contributed by atoms with Gasteiger partial charge in [-0.05, 0) is 72.2 Å². The summed E-state index contributed by atoms with van der Waals surface area (Å²) in [6.45, 7) is 4.04. The van der Waals surface area contributed by atoms with Crippen molar-refractivity contribution in [2.45, 2.75) is 32.2 Å². The third kappa shape index (κ3) is 3.32. The molecule has 0 bridgehead atoms. The first-order valence-corrected chi connectivity index (χ1v) is 8.70. The number of hydrazine groups is 1. The Bertz CT molecular complexity index is 699. The van der Waals surface area contributed by atoms with Crippen LogP contribution < -0.4 is 11.2 Å². The number of benzene rings is 2. The number of hydrogen-bond donors (Lipinski definition) is 2. The van der Waals surface area contributed by atoms with Gasteiger partial charge in [0.1, 0.15) is 0 Å². The molecule has 2 aromatic carbocycles. The fraction of sp³-hybridized carbons (Fsp3) is 0.400. The van der Waals surface area contributed by atoms with E-state index in [1.807, 2.05) is 5.01 Å². The zero-order chi connectivity index (χ0) is 15.6. The largest absolute Gasteiger partial charge is 0.316 e. The molecule has 3 heteroatoms. The Balaban J connectivity index is 1.56. The summed E-state index contributed by atoms with van der Waals surface area (Å²) >= 11 is 0. The number of fused-ring (bicyclic) bond motifs is 2. The molecule has 3 N–H and O–H groups in total. The van der Waals surface area contributed by atoms with Gasteiger partial charge in [-0.15, -0.1) is 0 Å². The molecule has 2 aromatic rings. The van der Waals surface area contributed by atoms with Gasteiger partial charge in [-0.2, -0.15) is 0 Å². The molecule has 0 aromatic heterocycles. The van der Waals surface area contributed by atoms with E-state index in [4.69, 9.17) is 5.84 Å². The van der Waals surface area contributed by atoms with Crippen LogP contribution in [0.15, 0.2) is 36.4 Å². The van der Waals surface area contributed by atoms with Crippen molar-refractivity contribution in [3.63, 3.8) is 0 Å².